The summed E-state index contributed by atoms with van der Waals surface area (Å²) in [4.78, 5) is 20.1. The fraction of sp³-hybridized carbons (Fsp3) is 0.167. The molecule has 1 aromatic carbocycles. The monoisotopic (exact) mass is 435 g/mol. The lowest BCUT2D eigenvalue weighted by atomic mass is 10.2. The van der Waals surface area contributed by atoms with Gasteiger partial charge in [0.25, 0.3) is 0 Å². The van der Waals surface area contributed by atoms with Crippen LogP contribution in [0.3, 0.4) is 0 Å². The van der Waals surface area contributed by atoms with E-state index >= 15 is 0 Å². The van der Waals surface area contributed by atoms with E-state index in [0.717, 1.165) is 4.31 Å². The fourth-order valence-corrected chi connectivity index (χ4v) is 4.20. The Labute approximate surface area is 171 Å². The van der Waals surface area contributed by atoms with E-state index in [1.165, 1.54) is 49.0 Å². The number of nitrogens with zero attached hydrogens (tertiary/aromatic N) is 3. The molecule has 0 aliphatic heterocycles. The lowest BCUT2D eigenvalue weighted by Gasteiger charge is -2.15. The number of carbonyl (C=O) groups is 1. The number of benzene rings is 1. The predicted octanol–water partition coefficient (Wildman–Crippen LogP) is 2.82. The summed E-state index contributed by atoms with van der Waals surface area (Å²) in [5.74, 6) is -0.375. The number of rotatable bonds is 7. The lowest BCUT2D eigenvalue weighted by molar-refractivity contribution is 0.251. The Bertz CT molecular complexity index is 1090. The van der Waals surface area contributed by atoms with Gasteiger partial charge in [0.05, 0.1) is 12.2 Å². The zero-order valence-corrected chi connectivity index (χ0v) is 17.0. The first-order valence-corrected chi connectivity index (χ1v) is 10.8. The molecule has 2 amide bonds. The average molecular weight is 436 g/mol. The van der Waals surface area contributed by atoms with Gasteiger partial charge in [0, 0.05) is 31.4 Å². The molecule has 3 aromatic rings. The van der Waals surface area contributed by atoms with Gasteiger partial charge in [-0.3, -0.25) is 10.3 Å². The highest BCUT2D eigenvalue weighted by Crippen LogP contribution is 2.19. The molecule has 0 radical (unpaired) electrons. The largest absolute Gasteiger partial charge is 0.334 e. The van der Waals surface area contributed by atoms with Crippen LogP contribution in [0.4, 0.5) is 14.3 Å². The van der Waals surface area contributed by atoms with Crippen LogP contribution >= 0.6 is 11.3 Å². The number of aromatic nitrogens is 2. The number of urea groups is 1. The Hall–Kier alpha value is -2.89. The molecule has 2 heterocycles. The summed E-state index contributed by atoms with van der Waals surface area (Å²) in [5.41, 5.74) is 1.12. The van der Waals surface area contributed by atoms with E-state index in [1.807, 2.05) is 0 Å². The van der Waals surface area contributed by atoms with Gasteiger partial charge < -0.3 is 5.32 Å². The molecule has 2 aromatic heterocycles. The third-order valence-corrected chi connectivity index (χ3v) is 6.44. The summed E-state index contributed by atoms with van der Waals surface area (Å²) < 4.78 is 39.4. The summed E-state index contributed by atoms with van der Waals surface area (Å²) in [6, 6.07) is 8.44. The molecule has 0 aliphatic carbocycles. The molecule has 0 unspecified atom stereocenters. The summed E-state index contributed by atoms with van der Waals surface area (Å²) in [6.45, 7) is 0.203. The van der Waals surface area contributed by atoms with Crippen LogP contribution in [0.25, 0.3) is 0 Å². The van der Waals surface area contributed by atoms with Gasteiger partial charge in [0.15, 0.2) is 5.13 Å². The summed E-state index contributed by atoms with van der Waals surface area (Å²) in [7, 11) is -2.24. The molecule has 0 spiro atoms. The van der Waals surface area contributed by atoms with Crippen molar-refractivity contribution >= 4 is 32.5 Å². The molecule has 29 heavy (non-hydrogen) atoms. The normalized spacial score (nSPS) is 11.4. The van der Waals surface area contributed by atoms with Crippen molar-refractivity contribution in [2.75, 3.05) is 12.4 Å². The van der Waals surface area contributed by atoms with Crippen molar-refractivity contribution in [3.8, 4) is 0 Å². The summed E-state index contributed by atoms with van der Waals surface area (Å²) in [5, 5.41) is 7.17. The second-order valence-corrected chi connectivity index (χ2v) is 8.93. The number of hydrogen-bond donors (Lipinski definition) is 2. The number of anilines is 1. The van der Waals surface area contributed by atoms with E-state index in [1.54, 1.807) is 23.6 Å². The first-order chi connectivity index (χ1) is 13.8. The van der Waals surface area contributed by atoms with Crippen molar-refractivity contribution in [2.24, 2.45) is 0 Å². The van der Waals surface area contributed by atoms with Gasteiger partial charge in [-0.25, -0.2) is 22.6 Å². The lowest BCUT2D eigenvalue weighted by Crippen LogP contribution is -2.28. The predicted molar refractivity (Wildman–Crippen MR) is 107 cm³/mol. The first-order valence-electron chi connectivity index (χ1n) is 8.44. The van der Waals surface area contributed by atoms with Crippen LogP contribution in [0.5, 0.6) is 0 Å². The van der Waals surface area contributed by atoms with Crippen molar-refractivity contribution in [3.63, 3.8) is 0 Å². The quantitative estimate of drug-likeness (QED) is 0.594. The Kier molecular flexibility index (Phi) is 6.52. The Morgan fingerprint density at radius 2 is 2.10 bits per heavy atom. The number of pyridine rings is 1. The van der Waals surface area contributed by atoms with Crippen LogP contribution < -0.4 is 10.6 Å². The van der Waals surface area contributed by atoms with E-state index in [9.17, 15) is 17.6 Å². The summed E-state index contributed by atoms with van der Waals surface area (Å²) >= 11 is 1.17. The van der Waals surface area contributed by atoms with Gasteiger partial charge in [-0.05, 0) is 29.8 Å². The number of nitrogens with one attached hydrogen (secondary N) is 2. The average Bonchev–Trinajstić information content (AvgIpc) is 3.13. The van der Waals surface area contributed by atoms with Gasteiger partial charge in [-0.15, -0.1) is 11.3 Å². The van der Waals surface area contributed by atoms with E-state index < -0.39 is 16.1 Å². The minimum atomic E-state index is -3.69. The molecule has 11 heteroatoms. The van der Waals surface area contributed by atoms with Gasteiger partial charge in [-0.2, -0.15) is 4.31 Å². The second-order valence-electron chi connectivity index (χ2n) is 6.03. The van der Waals surface area contributed by atoms with Crippen LogP contribution in [0.1, 0.15) is 11.3 Å². The maximum atomic E-state index is 13.2. The number of halogens is 1. The molecule has 152 valence electrons. The molecule has 0 aliphatic rings. The van der Waals surface area contributed by atoms with Crippen LogP contribution in [-0.2, 0) is 23.1 Å². The molecule has 8 nitrogen and oxygen atoms in total. The highest BCUT2D eigenvalue weighted by Gasteiger charge is 2.22. The van der Waals surface area contributed by atoms with Crippen LogP contribution in [-0.4, -0.2) is 35.8 Å². The van der Waals surface area contributed by atoms with E-state index in [0.29, 0.717) is 16.4 Å². The molecule has 0 fully saturated rings. The first kappa shape index (κ1) is 20.8. The maximum absolute atomic E-state index is 13.2. The van der Waals surface area contributed by atoms with E-state index in [4.69, 9.17) is 0 Å². The molecule has 0 saturated carbocycles. The van der Waals surface area contributed by atoms with Crippen molar-refractivity contribution in [1.82, 2.24) is 19.6 Å². The molecule has 2 N–H and O–H groups in total. The number of sulfonamides is 1. The minimum Gasteiger partial charge on any atom is -0.334 e. The highest BCUT2D eigenvalue weighted by atomic mass is 32.2. The number of amides is 2. The van der Waals surface area contributed by atoms with Gasteiger partial charge >= 0.3 is 6.03 Å². The number of hydrogen-bond acceptors (Lipinski definition) is 6. The van der Waals surface area contributed by atoms with Gasteiger partial charge in [-0.1, -0.05) is 12.1 Å². The topological polar surface area (TPSA) is 104 Å². The van der Waals surface area contributed by atoms with E-state index in [2.05, 4.69) is 20.6 Å². The maximum Gasteiger partial charge on any atom is 0.321 e. The van der Waals surface area contributed by atoms with Crippen LogP contribution in [0, 0.1) is 5.82 Å². The second kappa shape index (κ2) is 9.07. The molecule has 0 saturated heterocycles. The van der Waals surface area contributed by atoms with Crippen LogP contribution in [0.15, 0.2) is 59.1 Å². The highest BCUT2D eigenvalue weighted by molar-refractivity contribution is 7.89. The van der Waals surface area contributed by atoms with Crippen molar-refractivity contribution < 1.29 is 17.6 Å². The Morgan fingerprint density at radius 1 is 1.28 bits per heavy atom. The van der Waals surface area contributed by atoms with Gasteiger partial charge in [0.2, 0.25) is 10.0 Å². The molecule has 0 bridgehead atoms. The van der Waals surface area contributed by atoms with E-state index in [-0.39, 0.29) is 23.8 Å². The van der Waals surface area contributed by atoms with Crippen molar-refractivity contribution in [2.45, 2.75) is 18.0 Å². The fourth-order valence-electron chi connectivity index (χ4n) is 2.40. The third kappa shape index (κ3) is 5.56. The minimum absolute atomic E-state index is 0.0420. The molecular formula is C18H18FN5O3S2. The standard InChI is InChI=1S/C18H18FN5O3S2/c1-24(29(26,27)16-6-3-7-20-10-16)11-15-12-28-18(22-15)23-17(25)21-9-13-4-2-5-14(19)8-13/h2-8,10,12H,9,11H2,1H3,(H2,21,22,23,25). The Morgan fingerprint density at radius 3 is 2.83 bits per heavy atom. The Balaban J connectivity index is 1.55. The van der Waals surface area contributed by atoms with Crippen LogP contribution in [0.2, 0.25) is 0 Å². The van der Waals surface area contributed by atoms with Crippen molar-refractivity contribution in [1.29, 1.82) is 0 Å². The van der Waals surface area contributed by atoms with Crippen molar-refractivity contribution in [3.05, 3.63) is 71.2 Å². The SMILES string of the molecule is CN(Cc1csc(NC(=O)NCc2cccc(F)c2)n1)S(=O)(=O)c1cccnc1. The summed E-state index contributed by atoms with van der Waals surface area (Å²) in [6.07, 6.45) is 2.78. The molecule has 3 rings (SSSR count). The third-order valence-electron chi connectivity index (χ3n) is 3.84. The zero-order valence-electron chi connectivity index (χ0n) is 15.4. The molecule has 0 atom stereocenters. The van der Waals surface area contributed by atoms with Gasteiger partial charge in [0.1, 0.15) is 10.7 Å². The number of carbonyl (C=O) groups excluding carboxylic acids is 1. The smallest absolute Gasteiger partial charge is 0.321 e. The molecular weight excluding hydrogens is 417 g/mol. The zero-order chi connectivity index (χ0) is 20.9. The number of thiazole rings is 1.